The molecule has 0 aliphatic heterocycles. The van der Waals surface area contributed by atoms with Gasteiger partial charge >= 0.3 is 0 Å². The van der Waals surface area contributed by atoms with Crippen molar-refractivity contribution in [1.82, 2.24) is 4.90 Å². The normalized spacial score (nSPS) is 16.2. The van der Waals surface area contributed by atoms with E-state index in [4.69, 9.17) is 0 Å². The highest BCUT2D eigenvalue weighted by Gasteiger charge is 2.29. The van der Waals surface area contributed by atoms with E-state index in [0.29, 0.717) is 12.5 Å². The largest absolute Gasteiger partial charge is 0.377 e. The van der Waals surface area contributed by atoms with Crippen molar-refractivity contribution >= 4 is 34.5 Å². The molecule has 154 valence electrons. The van der Waals surface area contributed by atoms with E-state index in [0.717, 1.165) is 47.6 Å². The summed E-state index contributed by atoms with van der Waals surface area (Å²) in [6.45, 7) is 1.34. The van der Waals surface area contributed by atoms with Gasteiger partial charge in [0.05, 0.1) is 4.88 Å². The minimum absolute atomic E-state index is 0.0977. The van der Waals surface area contributed by atoms with Gasteiger partial charge in [0.2, 0.25) is 5.91 Å². The number of benzene rings is 1. The lowest BCUT2D eigenvalue weighted by molar-refractivity contribution is -0.122. The molecule has 5 nitrogen and oxygen atoms in total. The van der Waals surface area contributed by atoms with Crippen LogP contribution in [0.15, 0.2) is 35.7 Å². The molecule has 0 spiro atoms. The molecule has 2 aliphatic carbocycles. The van der Waals surface area contributed by atoms with Gasteiger partial charge in [-0.15, -0.1) is 11.3 Å². The zero-order chi connectivity index (χ0) is 20.4. The van der Waals surface area contributed by atoms with Gasteiger partial charge in [-0.25, -0.2) is 0 Å². The van der Waals surface area contributed by atoms with Crippen LogP contribution >= 0.6 is 11.3 Å². The summed E-state index contributed by atoms with van der Waals surface area (Å²) >= 11 is 1.49. The van der Waals surface area contributed by atoms with Crippen LogP contribution in [-0.2, 0) is 11.3 Å². The number of anilines is 2. The monoisotopic (exact) mass is 411 g/mol. The second kappa shape index (κ2) is 8.57. The van der Waals surface area contributed by atoms with Gasteiger partial charge < -0.3 is 15.1 Å². The highest BCUT2D eigenvalue weighted by molar-refractivity contribution is 7.12. The van der Waals surface area contributed by atoms with Crippen LogP contribution < -0.4 is 10.2 Å². The molecule has 2 aromatic rings. The molecular weight excluding hydrogens is 382 g/mol. The Balaban J connectivity index is 1.56. The molecule has 1 N–H and O–H groups in total. The maximum atomic E-state index is 13.1. The summed E-state index contributed by atoms with van der Waals surface area (Å²) in [5, 5.41) is 5.02. The van der Waals surface area contributed by atoms with E-state index in [-0.39, 0.29) is 17.7 Å². The van der Waals surface area contributed by atoms with E-state index in [1.807, 2.05) is 54.7 Å². The smallest absolute Gasteiger partial charge is 0.264 e. The van der Waals surface area contributed by atoms with Gasteiger partial charge in [0, 0.05) is 44.5 Å². The molecule has 1 aromatic carbocycles. The Morgan fingerprint density at radius 1 is 1.14 bits per heavy atom. The first-order valence-corrected chi connectivity index (χ1v) is 11.3. The van der Waals surface area contributed by atoms with Crippen LogP contribution in [0.5, 0.6) is 0 Å². The summed E-state index contributed by atoms with van der Waals surface area (Å²) in [4.78, 5) is 30.3. The number of nitrogens with one attached hydrogen (secondary N) is 1. The third-order valence-electron chi connectivity index (χ3n) is 5.86. The number of amides is 2. The van der Waals surface area contributed by atoms with E-state index in [2.05, 4.69) is 10.2 Å². The van der Waals surface area contributed by atoms with Crippen LogP contribution in [0.2, 0.25) is 0 Å². The summed E-state index contributed by atoms with van der Waals surface area (Å²) < 4.78 is 0. The minimum atomic E-state index is 0.0977. The molecule has 4 rings (SSSR count). The van der Waals surface area contributed by atoms with Crippen LogP contribution in [0.4, 0.5) is 11.4 Å². The lowest BCUT2D eigenvalue weighted by atomic mass is 9.85. The van der Waals surface area contributed by atoms with E-state index in [1.54, 1.807) is 0 Å². The average molecular weight is 412 g/mol. The fourth-order valence-electron chi connectivity index (χ4n) is 3.73. The van der Waals surface area contributed by atoms with Crippen LogP contribution in [0, 0.1) is 11.8 Å². The first-order valence-electron chi connectivity index (χ1n) is 10.4. The second-order valence-corrected chi connectivity index (χ2v) is 9.41. The van der Waals surface area contributed by atoms with Gasteiger partial charge in [0.25, 0.3) is 5.91 Å². The van der Waals surface area contributed by atoms with Gasteiger partial charge in [0.1, 0.15) is 0 Å². The molecule has 29 heavy (non-hydrogen) atoms. The zero-order valence-corrected chi connectivity index (χ0v) is 18.0. The van der Waals surface area contributed by atoms with Crippen molar-refractivity contribution in [2.24, 2.45) is 11.8 Å². The van der Waals surface area contributed by atoms with Crippen molar-refractivity contribution in [3.05, 3.63) is 46.2 Å². The minimum Gasteiger partial charge on any atom is -0.377 e. The van der Waals surface area contributed by atoms with Crippen molar-refractivity contribution in [1.29, 1.82) is 0 Å². The summed E-state index contributed by atoms with van der Waals surface area (Å²) in [5.74, 6) is 0.979. The Labute approximate surface area is 176 Å². The van der Waals surface area contributed by atoms with Crippen LogP contribution in [0.3, 0.4) is 0 Å². The standard InChI is InChI=1S/C23H29N3O2S/c1-25(2)20-11-10-19(24-22(27)17-5-3-6-17)13-18(20)15-26(14-16-8-9-16)23(28)21-7-4-12-29-21/h4,7,10-13,16-17H,3,5-6,8-9,14-15H2,1-2H3,(H,24,27). The molecule has 2 fully saturated rings. The number of hydrogen-bond acceptors (Lipinski definition) is 4. The lowest BCUT2D eigenvalue weighted by Crippen LogP contribution is -2.32. The van der Waals surface area contributed by atoms with Gasteiger partial charge in [-0.2, -0.15) is 0 Å². The second-order valence-electron chi connectivity index (χ2n) is 8.46. The van der Waals surface area contributed by atoms with Crippen LogP contribution in [0.25, 0.3) is 0 Å². The Morgan fingerprint density at radius 2 is 1.93 bits per heavy atom. The van der Waals surface area contributed by atoms with E-state index in [1.165, 1.54) is 24.2 Å². The van der Waals surface area contributed by atoms with Crippen molar-refractivity contribution in [2.75, 3.05) is 30.9 Å². The van der Waals surface area contributed by atoms with Gasteiger partial charge in [-0.3, -0.25) is 9.59 Å². The van der Waals surface area contributed by atoms with Crippen molar-refractivity contribution < 1.29 is 9.59 Å². The number of carbonyl (C=O) groups excluding carboxylic acids is 2. The van der Waals surface area contributed by atoms with E-state index < -0.39 is 0 Å². The molecule has 2 amide bonds. The van der Waals surface area contributed by atoms with E-state index >= 15 is 0 Å². The number of carbonyl (C=O) groups is 2. The van der Waals surface area contributed by atoms with Gasteiger partial charge in [0.15, 0.2) is 0 Å². The first-order chi connectivity index (χ1) is 14.0. The molecular formula is C23H29N3O2S. The number of hydrogen-bond donors (Lipinski definition) is 1. The predicted octanol–water partition coefficient (Wildman–Crippen LogP) is 4.61. The summed E-state index contributed by atoms with van der Waals surface area (Å²) in [7, 11) is 4.02. The fourth-order valence-corrected chi connectivity index (χ4v) is 4.42. The maximum Gasteiger partial charge on any atom is 0.264 e. The third-order valence-corrected chi connectivity index (χ3v) is 6.72. The summed E-state index contributed by atoms with van der Waals surface area (Å²) in [6, 6.07) is 9.86. The highest BCUT2D eigenvalue weighted by Crippen LogP contribution is 2.33. The Morgan fingerprint density at radius 3 is 2.52 bits per heavy atom. The Hall–Kier alpha value is -2.34. The number of rotatable bonds is 8. The third kappa shape index (κ3) is 4.81. The lowest BCUT2D eigenvalue weighted by Gasteiger charge is -2.27. The molecule has 0 unspecified atom stereocenters. The first kappa shape index (κ1) is 20.0. The topological polar surface area (TPSA) is 52.7 Å². The van der Waals surface area contributed by atoms with Crippen molar-refractivity contribution in [3.8, 4) is 0 Å². The average Bonchev–Trinajstić information content (AvgIpc) is 3.28. The molecule has 0 atom stereocenters. The Bertz CT molecular complexity index is 870. The van der Waals surface area contributed by atoms with Crippen molar-refractivity contribution in [2.45, 2.75) is 38.6 Å². The van der Waals surface area contributed by atoms with Gasteiger partial charge in [-0.1, -0.05) is 12.5 Å². The SMILES string of the molecule is CN(C)c1ccc(NC(=O)C2CCC2)cc1CN(CC1CC1)C(=O)c1cccs1. The predicted molar refractivity (Wildman–Crippen MR) is 119 cm³/mol. The fraction of sp³-hybridized carbons (Fsp3) is 0.478. The maximum absolute atomic E-state index is 13.1. The molecule has 2 aliphatic rings. The molecule has 0 radical (unpaired) electrons. The molecule has 2 saturated carbocycles. The van der Waals surface area contributed by atoms with E-state index in [9.17, 15) is 9.59 Å². The highest BCUT2D eigenvalue weighted by atomic mass is 32.1. The Kier molecular flexibility index (Phi) is 5.90. The van der Waals surface area contributed by atoms with Crippen molar-refractivity contribution in [3.63, 3.8) is 0 Å². The zero-order valence-electron chi connectivity index (χ0n) is 17.2. The molecule has 0 bridgehead atoms. The van der Waals surface area contributed by atoms with Crippen LogP contribution in [0.1, 0.15) is 47.3 Å². The summed E-state index contributed by atoms with van der Waals surface area (Å²) in [5.41, 5.74) is 2.95. The summed E-state index contributed by atoms with van der Waals surface area (Å²) in [6.07, 6.45) is 5.51. The molecule has 6 heteroatoms. The molecule has 1 heterocycles. The number of nitrogens with zero attached hydrogens (tertiary/aromatic N) is 2. The quantitative estimate of drug-likeness (QED) is 0.690. The van der Waals surface area contributed by atoms with Crippen LogP contribution in [-0.4, -0.2) is 37.4 Å². The number of thiophene rings is 1. The van der Waals surface area contributed by atoms with Gasteiger partial charge in [-0.05, 0) is 66.8 Å². The molecule has 1 aromatic heterocycles. The molecule has 0 saturated heterocycles.